The zero-order valence-electron chi connectivity index (χ0n) is 11.3. The van der Waals surface area contributed by atoms with Crippen LogP contribution in [0.2, 0.25) is 0 Å². The summed E-state index contributed by atoms with van der Waals surface area (Å²) in [5, 5.41) is 3.61. The Morgan fingerprint density at radius 2 is 2.12 bits per heavy atom. The highest BCUT2D eigenvalue weighted by Crippen LogP contribution is 2.18. The smallest absolute Gasteiger partial charge is 0.0637 e. The van der Waals surface area contributed by atoms with E-state index in [-0.39, 0.29) is 0 Å². The molecule has 0 saturated carbocycles. The molecule has 1 N–H and O–H groups in total. The van der Waals surface area contributed by atoms with Crippen molar-refractivity contribution in [2.45, 2.75) is 58.7 Å². The number of nitrogens with one attached hydrogen (secondary N) is 1. The third-order valence-corrected chi connectivity index (χ3v) is 3.74. The van der Waals surface area contributed by atoms with Crippen molar-refractivity contribution < 1.29 is 4.74 Å². The van der Waals surface area contributed by atoms with E-state index >= 15 is 0 Å². The lowest BCUT2D eigenvalue weighted by molar-refractivity contribution is -0.0152. The van der Waals surface area contributed by atoms with Gasteiger partial charge in [0.15, 0.2) is 0 Å². The van der Waals surface area contributed by atoms with Crippen LogP contribution in [0.25, 0.3) is 0 Å². The van der Waals surface area contributed by atoms with E-state index in [2.05, 4.69) is 37.9 Å². The molecule has 0 aromatic heterocycles. The first-order valence-corrected chi connectivity index (χ1v) is 6.81. The molecule has 1 heterocycles. The average molecular weight is 228 g/mol. The molecule has 1 aliphatic heterocycles. The summed E-state index contributed by atoms with van der Waals surface area (Å²) in [6.07, 6.45) is 2.36. The van der Waals surface area contributed by atoms with Crippen LogP contribution in [0.4, 0.5) is 0 Å². The molecule has 0 spiro atoms. The minimum absolute atomic E-state index is 0.550. The predicted octanol–water partition coefficient (Wildman–Crippen LogP) is 1.87. The van der Waals surface area contributed by atoms with Gasteiger partial charge in [0.05, 0.1) is 6.61 Å². The molecule has 0 amide bonds. The van der Waals surface area contributed by atoms with Crippen LogP contribution >= 0.6 is 0 Å². The van der Waals surface area contributed by atoms with Gasteiger partial charge >= 0.3 is 0 Å². The molecule has 0 aromatic carbocycles. The highest BCUT2D eigenvalue weighted by Gasteiger charge is 2.31. The molecule has 3 atom stereocenters. The fourth-order valence-electron chi connectivity index (χ4n) is 2.66. The normalized spacial score (nSPS) is 28.3. The number of ether oxygens (including phenoxy) is 1. The summed E-state index contributed by atoms with van der Waals surface area (Å²) in [5.41, 5.74) is 0. The van der Waals surface area contributed by atoms with E-state index in [4.69, 9.17) is 4.74 Å². The molecule has 1 aliphatic rings. The fraction of sp³-hybridized carbons (Fsp3) is 1.00. The van der Waals surface area contributed by atoms with Crippen LogP contribution < -0.4 is 5.32 Å². The van der Waals surface area contributed by atoms with Crippen LogP contribution in [-0.4, -0.2) is 49.3 Å². The molecule has 0 aromatic rings. The largest absolute Gasteiger partial charge is 0.380 e. The standard InChI is InChI=1S/C13H28N2O/c1-5-11(4)15(7-3)13-10-16-9-8-12(13)14-6-2/h11-14H,5-10H2,1-4H3. The summed E-state index contributed by atoms with van der Waals surface area (Å²) >= 11 is 0. The highest BCUT2D eigenvalue weighted by atomic mass is 16.5. The van der Waals surface area contributed by atoms with Crippen LogP contribution in [0.15, 0.2) is 0 Å². The second-order valence-electron chi connectivity index (χ2n) is 4.68. The summed E-state index contributed by atoms with van der Waals surface area (Å²) in [7, 11) is 0. The molecule has 0 aliphatic carbocycles. The van der Waals surface area contributed by atoms with Gasteiger partial charge in [-0.05, 0) is 32.9 Å². The maximum atomic E-state index is 5.65. The molecule has 1 saturated heterocycles. The van der Waals surface area contributed by atoms with Gasteiger partial charge < -0.3 is 10.1 Å². The Morgan fingerprint density at radius 3 is 2.69 bits per heavy atom. The first-order chi connectivity index (χ1) is 7.74. The van der Waals surface area contributed by atoms with Crippen LogP contribution in [0.3, 0.4) is 0 Å². The van der Waals surface area contributed by atoms with Crippen molar-refractivity contribution in [3.05, 3.63) is 0 Å². The van der Waals surface area contributed by atoms with Crippen molar-refractivity contribution in [1.82, 2.24) is 10.2 Å². The van der Waals surface area contributed by atoms with Crippen LogP contribution in [0, 0.1) is 0 Å². The molecule has 3 unspecified atom stereocenters. The lowest BCUT2D eigenvalue weighted by Gasteiger charge is -2.42. The van der Waals surface area contributed by atoms with Gasteiger partial charge in [0.2, 0.25) is 0 Å². The van der Waals surface area contributed by atoms with Gasteiger partial charge in [-0.2, -0.15) is 0 Å². The van der Waals surface area contributed by atoms with Crippen molar-refractivity contribution in [3.8, 4) is 0 Å². The van der Waals surface area contributed by atoms with E-state index in [1.807, 2.05) is 0 Å². The molecule has 0 bridgehead atoms. The molecule has 1 rings (SSSR count). The topological polar surface area (TPSA) is 24.5 Å². The highest BCUT2D eigenvalue weighted by molar-refractivity contribution is 4.88. The first-order valence-electron chi connectivity index (χ1n) is 6.81. The molecule has 1 fully saturated rings. The van der Waals surface area contributed by atoms with Gasteiger partial charge in [0, 0.05) is 24.7 Å². The molecule has 3 heteroatoms. The van der Waals surface area contributed by atoms with Gasteiger partial charge in [-0.25, -0.2) is 0 Å². The fourth-order valence-corrected chi connectivity index (χ4v) is 2.66. The van der Waals surface area contributed by atoms with E-state index < -0.39 is 0 Å². The number of nitrogens with zero attached hydrogens (tertiary/aromatic N) is 1. The molecular weight excluding hydrogens is 200 g/mol. The zero-order chi connectivity index (χ0) is 12.0. The second kappa shape index (κ2) is 7.25. The molecule has 0 radical (unpaired) electrons. The number of hydrogen-bond donors (Lipinski definition) is 1. The SMILES string of the molecule is CCNC1CCOCC1N(CC)C(C)CC. The Hall–Kier alpha value is -0.120. The minimum Gasteiger partial charge on any atom is -0.380 e. The average Bonchev–Trinajstić information content (AvgIpc) is 2.32. The van der Waals surface area contributed by atoms with Crippen molar-refractivity contribution in [3.63, 3.8) is 0 Å². The van der Waals surface area contributed by atoms with E-state index in [1.54, 1.807) is 0 Å². The number of hydrogen-bond acceptors (Lipinski definition) is 3. The monoisotopic (exact) mass is 228 g/mol. The van der Waals surface area contributed by atoms with Gasteiger partial charge in [0.1, 0.15) is 0 Å². The Bertz CT molecular complexity index is 185. The predicted molar refractivity (Wildman–Crippen MR) is 68.8 cm³/mol. The van der Waals surface area contributed by atoms with Crippen LogP contribution in [0.1, 0.15) is 40.5 Å². The number of likely N-dealkylation sites (N-methyl/N-ethyl adjacent to an activating group) is 2. The first kappa shape index (κ1) is 13.9. The van der Waals surface area contributed by atoms with E-state index in [0.29, 0.717) is 18.1 Å². The zero-order valence-corrected chi connectivity index (χ0v) is 11.3. The van der Waals surface area contributed by atoms with Crippen molar-refractivity contribution in [2.75, 3.05) is 26.3 Å². The van der Waals surface area contributed by atoms with Crippen molar-refractivity contribution in [2.24, 2.45) is 0 Å². The minimum atomic E-state index is 0.550. The summed E-state index contributed by atoms with van der Waals surface area (Å²) < 4.78 is 5.65. The number of rotatable bonds is 6. The Balaban J connectivity index is 2.63. The third-order valence-electron chi connectivity index (χ3n) is 3.74. The van der Waals surface area contributed by atoms with Crippen LogP contribution in [-0.2, 0) is 4.74 Å². The third kappa shape index (κ3) is 3.44. The van der Waals surface area contributed by atoms with Crippen molar-refractivity contribution in [1.29, 1.82) is 0 Å². The lowest BCUT2D eigenvalue weighted by atomic mass is 9.99. The summed E-state index contributed by atoms with van der Waals surface area (Å²) in [6, 6.07) is 1.80. The summed E-state index contributed by atoms with van der Waals surface area (Å²) in [6.45, 7) is 13.0. The maximum absolute atomic E-state index is 5.65. The Morgan fingerprint density at radius 1 is 1.38 bits per heavy atom. The Kier molecular flexibility index (Phi) is 6.32. The van der Waals surface area contributed by atoms with E-state index in [1.165, 1.54) is 6.42 Å². The maximum Gasteiger partial charge on any atom is 0.0637 e. The molecule has 16 heavy (non-hydrogen) atoms. The quantitative estimate of drug-likeness (QED) is 0.751. The lowest BCUT2D eigenvalue weighted by Crippen LogP contribution is -2.57. The van der Waals surface area contributed by atoms with Gasteiger partial charge in [-0.1, -0.05) is 20.8 Å². The van der Waals surface area contributed by atoms with Crippen LogP contribution in [0.5, 0.6) is 0 Å². The molecule has 3 nitrogen and oxygen atoms in total. The molecular formula is C13H28N2O. The van der Waals surface area contributed by atoms with Gasteiger partial charge in [-0.3, -0.25) is 4.90 Å². The van der Waals surface area contributed by atoms with Gasteiger partial charge in [-0.15, -0.1) is 0 Å². The second-order valence-corrected chi connectivity index (χ2v) is 4.68. The van der Waals surface area contributed by atoms with Crippen molar-refractivity contribution >= 4 is 0 Å². The summed E-state index contributed by atoms with van der Waals surface area (Å²) in [4.78, 5) is 2.59. The van der Waals surface area contributed by atoms with E-state index in [9.17, 15) is 0 Å². The summed E-state index contributed by atoms with van der Waals surface area (Å²) in [5.74, 6) is 0. The van der Waals surface area contributed by atoms with Gasteiger partial charge in [0.25, 0.3) is 0 Å². The Labute approximate surface area is 101 Å². The molecule has 96 valence electrons. The van der Waals surface area contributed by atoms with E-state index in [0.717, 1.165) is 32.7 Å².